The maximum absolute atomic E-state index is 13.7. The Kier molecular flexibility index (Phi) is 12.0. The number of nitrogens with zero attached hydrogens (tertiary/aromatic N) is 1. The van der Waals surface area contributed by atoms with Crippen LogP contribution in [0.3, 0.4) is 0 Å². The average molecular weight is 602 g/mol. The number of amides is 2. The summed E-state index contributed by atoms with van der Waals surface area (Å²) in [5.41, 5.74) is 2.01. The Morgan fingerprint density at radius 2 is 1.62 bits per heavy atom. The van der Waals surface area contributed by atoms with Gasteiger partial charge in [0.2, 0.25) is 11.8 Å². The van der Waals surface area contributed by atoms with Gasteiger partial charge in [-0.15, -0.1) is 11.8 Å². The molecule has 1 atom stereocenters. The summed E-state index contributed by atoms with van der Waals surface area (Å²) in [7, 11) is 0. The molecule has 0 radical (unpaired) electrons. The van der Waals surface area contributed by atoms with Gasteiger partial charge in [0, 0.05) is 40.3 Å². The minimum absolute atomic E-state index is 0.0137. The summed E-state index contributed by atoms with van der Waals surface area (Å²) in [6, 6.07) is 24.9. The maximum Gasteiger partial charge on any atom is 0.243 e. The Morgan fingerprint density at radius 3 is 2.27 bits per heavy atom. The molecule has 0 aliphatic heterocycles. The van der Waals surface area contributed by atoms with Gasteiger partial charge < -0.3 is 10.2 Å². The van der Waals surface area contributed by atoms with E-state index in [-0.39, 0.29) is 11.8 Å². The van der Waals surface area contributed by atoms with E-state index in [0.717, 1.165) is 26.2 Å². The molecule has 0 spiro atoms. The van der Waals surface area contributed by atoms with Gasteiger partial charge in [-0.25, -0.2) is 0 Å². The van der Waals surface area contributed by atoms with Gasteiger partial charge >= 0.3 is 0 Å². The van der Waals surface area contributed by atoms with E-state index in [4.69, 9.17) is 11.6 Å². The van der Waals surface area contributed by atoms with Gasteiger partial charge in [-0.05, 0) is 65.6 Å². The number of nitrogens with one attached hydrogen (secondary N) is 1. The molecule has 0 bridgehead atoms. The van der Waals surface area contributed by atoms with E-state index in [9.17, 15) is 9.59 Å². The molecule has 0 saturated carbocycles. The highest BCUT2D eigenvalue weighted by atomic mass is 79.9. The van der Waals surface area contributed by atoms with Gasteiger partial charge in [0.25, 0.3) is 0 Å². The molecule has 0 unspecified atom stereocenters. The first-order chi connectivity index (χ1) is 17.8. The number of hydrogen-bond donors (Lipinski definition) is 1. The maximum atomic E-state index is 13.7. The lowest BCUT2D eigenvalue weighted by molar-refractivity contribution is -0.141. The minimum Gasteiger partial charge on any atom is -0.354 e. The van der Waals surface area contributed by atoms with Crippen molar-refractivity contribution in [1.82, 2.24) is 10.2 Å². The highest BCUT2D eigenvalue weighted by Crippen LogP contribution is 2.23. The number of carbonyl (C=O) groups excluding carboxylic acids is 2. The second-order valence-electron chi connectivity index (χ2n) is 9.40. The summed E-state index contributed by atoms with van der Waals surface area (Å²) in [5, 5.41) is 3.78. The fourth-order valence-corrected chi connectivity index (χ4v) is 5.09. The SMILES string of the molecule is CC(C)CNC(=O)[C@H](Cc1ccccc1)N(Cc1ccc(Br)cc1)C(=O)CCCSc1ccc(Cl)cc1. The van der Waals surface area contributed by atoms with Gasteiger partial charge in [0.05, 0.1) is 0 Å². The Morgan fingerprint density at radius 1 is 0.946 bits per heavy atom. The van der Waals surface area contributed by atoms with Crippen molar-refractivity contribution in [3.63, 3.8) is 0 Å². The molecule has 0 aliphatic carbocycles. The zero-order chi connectivity index (χ0) is 26.6. The van der Waals surface area contributed by atoms with Crippen molar-refractivity contribution in [2.45, 2.75) is 50.6 Å². The number of benzene rings is 3. The van der Waals surface area contributed by atoms with Crippen molar-refractivity contribution < 1.29 is 9.59 Å². The molecular formula is C30H34BrClN2O2S. The monoisotopic (exact) mass is 600 g/mol. The molecule has 3 aromatic rings. The predicted octanol–water partition coefficient (Wildman–Crippen LogP) is 7.39. The molecule has 4 nitrogen and oxygen atoms in total. The van der Waals surface area contributed by atoms with E-state index in [2.05, 4.69) is 35.1 Å². The van der Waals surface area contributed by atoms with Crippen molar-refractivity contribution in [2.75, 3.05) is 12.3 Å². The molecule has 0 aromatic heterocycles. The quantitative estimate of drug-likeness (QED) is 0.164. The Bertz CT molecular complexity index is 1120. The molecule has 1 N–H and O–H groups in total. The summed E-state index contributed by atoms with van der Waals surface area (Å²) >= 11 is 11.2. The molecule has 196 valence electrons. The zero-order valence-electron chi connectivity index (χ0n) is 21.3. The fraction of sp³-hybridized carbons (Fsp3) is 0.333. The Balaban J connectivity index is 1.77. The predicted molar refractivity (Wildman–Crippen MR) is 158 cm³/mol. The third kappa shape index (κ3) is 10.2. The first kappa shape index (κ1) is 29.3. The van der Waals surface area contributed by atoms with E-state index >= 15 is 0 Å². The number of halogens is 2. The summed E-state index contributed by atoms with van der Waals surface area (Å²) in [6.07, 6.45) is 1.56. The van der Waals surface area contributed by atoms with Crippen molar-refractivity contribution in [2.24, 2.45) is 5.92 Å². The third-order valence-electron chi connectivity index (χ3n) is 5.84. The van der Waals surface area contributed by atoms with Crippen LogP contribution >= 0.6 is 39.3 Å². The minimum atomic E-state index is -0.596. The van der Waals surface area contributed by atoms with E-state index in [0.29, 0.717) is 43.3 Å². The van der Waals surface area contributed by atoms with Gasteiger partial charge in [-0.3, -0.25) is 9.59 Å². The summed E-state index contributed by atoms with van der Waals surface area (Å²) in [5.74, 6) is 1.00. The van der Waals surface area contributed by atoms with Crippen LogP contribution in [0, 0.1) is 5.92 Å². The molecule has 0 fully saturated rings. The second-order valence-corrected chi connectivity index (χ2v) is 11.9. The van der Waals surface area contributed by atoms with Crippen molar-refractivity contribution in [1.29, 1.82) is 0 Å². The summed E-state index contributed by atoms with van der Waals surface area (Å²) in [6.45, 7) is 5.08. The Labute approximate surface area is 238 Å². The van der Waals surface area contributed by atoms with Crippen LogP contribution in [-0.2, 0) is 22.6 Å². The van der Waals surface area contributed by atoms with Crippen LogP contribution < -0.4 is 5.32 Å². The molecule has 0 heterocycles. The second kappa shape index (κ2) is 15.2. The smallest absolute Gasteiger partial charge is 0.243 e. The van der Waals surface area contributed by atoms with E-state index in [1.165, 1.54) is 0 Å². The van der Waals surface area contributed by atoms with E-state index in [1.54, 1.807) is 16.7 Å². The molecule has 0 saturated heterocycles. The molecule has 0 aliphatic rings. The lowest BCUT2D eigenvalue weighted by atomic mass is 10.0. The largest absolute Gasteiger partial charge is 0.354 e. The lowest BCUT2D eigenvalue weighted by Gasteiger charge is -2.32. The normalized spacial score (nSPS) is 11.8. The van der Waals surface area contributed by atoms with Gasteiger partial charge in [0.15, 0.2) is 0 Å². The van der Waals surface area contributed by atoms with Crippen LogP contribution in [0.15, 0.2) is 88.2 Å². The van der Waals surface area contributed by atoms with Crippen LogP contribution in [0.2, 0.25) is 5.02 Å². The highest BCUT2D eigenvalue weighted by molar-refractivity contribution is 9.10. The van der Waals surface area contributed by atoms with E-state index in [1.807, 2.05) is 78.9 Å². The standard InChI is InChI=1S/C30H34BrClN2O2S/c1-22(2)20-33-30(36)28(19-23-7-4-3-5-8-23)34(21-24-10-12-25(31)13-11-24)29(35)9-6-18-37-27-16-14-26(32)15-17-27/h3-5,7-8,10-17,22,28H,6,9,18-21H2,1-2H3,(H,33,36)/t28-/m0/s1. The molecule has 3 aromatic carbocycles. The van der Waals surface area contributed by atoms with Gasteiger partial charge in [0.1, 0.15) is 6.04 Å². The molecular weight excluding hydrogens is 568 g/mol. The van der Waals surface area contributed by atoms with Crippen LogP contribution in [0.5, 0.6) is 0 Å². The Hall–Kier alpha value is -2.28. The molecule has 7 heteroatoms. The van der Waals surface area contributed by atoms with Gasteiger partial charge in [-0.2, -0.15) is 0 Å². The third-order valence-corrected chi connectivity index (χ3v) is 7.72. The topological polar surface area (TPSA) is 49.4 Å². The molecule has 2 amide bonds. The van der Waals surface area contributed by atoms with Crippen molar-refractivity contribution in [3.8, 4) is 0 Å². The van der Waals surface area contributed by atoms with Crippen molar-refractivity contribution >= 4 is 51.1 Å². The summed E-state index contributed by atoms with van der Waals surface area (Å²) < 4.78 is 0.976. The van der Waals surface area contributed by atoms with Crippen LogP contribution in [0.4, 0.5) is 0 Å². The first-order valence-electron chi connectivity index (χ1n) is 12.6. The number of thioether (sulfide) groups is 1. The fourth-order valence-electron chi connectivity index (χ4n) is 3.85. The van der Waals surface area contributed by atoms with Crippen LogP contribution in [0.1, 0.15) is 37.8 Å². The molecule has 3 rings (SSSR count). The van der Waals surface area contributed by atoms with Gasteiger partial charge in [-0.1, -0.05) is 83.8 Å². The van der Waals surface area contributed by atoms with Crippen LogP contribution in [-0.4, -0.2) is 35.1 Å². The molecule has 37 heavy (non-hydrogen) atoms. The number of hydrogen-bond acceptors (Lipinski definition) is 3. The first-order valence-corrected chi connectivity index (χ1v) is 14.7. The number of carbonyl (C=O) groups is 2. The van der Waals surface area contributed by atoms with Crippen molar-refractivity contribution in [3.05, 3.63) is 99.5 Å². The summed E-state index contributed by atoms with van der Waals surface area (Å²) in [4.78, 5) is 30.0. The highest BCUT2D eigenvalue weighted by Gasteiger charge is 2.30. The zero-order valence-corrected chi connectivity index (χ0v) is 24.5. The average Bonchev–Trinajstić information content (AvgIpc) is 2.89. The lowest BCUT2D eigenvalue weighted by Crippen LogP contribution is -2.51. The number of rotatable bonds is 13. The van der Waals surface area contributed by atoms with Crippen LogP contribution in [0.25, 0.3) is 0 Å². The van der Waals surface area contributed by atoms with E-state index < -0.39 is 6.04 Å².